The van der Waals surface area contributed by atoms with Crippen LogP contribution < -0.4 is 5.32 Å². The van der Waals surface area contributed by atoms with E-state index in [-0.39, 0.29) is 11.7 Å². The van der Waals surface area contributed by atoms with Gasteiger partial charge < -0.3 is 9.73 Å². The van der Waals surface area contributed by atoms with Gasteiger partial charge in [0.25, 0.3) is 5.91 Å². The number of carbonyl (C=O) groups is 1. The van der Waals surface area contributed by atoms with Gasteiger partial charge >= 0.3 is 0 Å². The quantitative estimate of drug-likeness (QED) is 0.313. The number of thiazole rings is 1. The molecule has 5 aromatic rings. The van der Waals surface area contributed by atoms with E-state index in [0.717, 1.165) is 37.6 Å². The van der Waals surface area contributed by atoms with E-state index in [2.05, 4.69) is 11.4 Å². The highest BCUT2D eigenvalue weighted by Crippen LogP contribution is 2.34. The number of halogens is 1. The molecule has 31 heavy (non-hydrogen) atoms. The normalized spacial score (nSPS) is 11.0. The van der Waals surface area contributed by atoms with Gasteiger partial charge in [-0.15, -0.1) is 11.3 Å². The second-order valence-corrected chi connectivity index (χ2v) is 8.56. The summed E-state index contributed by atoms with van der Waals surface area (Å²) in [6.07, 6.45) is 0. The SMILES string of the molecule is Cc1c(NC(=O)c2ccc(-c3cccc(Cl)c3)o2)cccc1-c1nc2ccccc2s1. The molecular formula is C25H17ClN2O2S. The number of amides is 1. The summed E-state index contributed by atoms with van der Waals surface area (Å²) in [7, 11) is 0. The molecule has 3 aromatic carbocycles. The Morgan fingerprint density at radius 1 is 1.00 bits per heavy atom. The van der Waals surface area contributed by atoms with E-state index in [4.69, 9.17) is 21.0 Å². The molecule has 1 N–H and O–H groups in total. The maximum Gasteiger partial charge on any atom is 0.291 e. The number of aromatic nitrogens is 1. The summed E-state index contributed by atoms with van der Waals surface area (Å²) in [5.74, 6) is 0.519. The molecule has 152 valence electrons. The highest BCUT2D eigenvalue weighted by molar-refractivity contribution is 7.21. The smallest absolute Gasteiger partial charge is 0.291 e. The van der Waals surface area contributed by atoms with Crippen LogP contribution in [0.4, 0.5) is 5.69 Å². The molecule has 0 aliphatic heterocycles. The largest absolute Gasteiger partial charge is 0.451 e. The number of carbonyl (C=O) groups excluding carboxylic acids is 1. The maximum atomic E-state index is 12.8. The molecule has 0 unspecified atom stereocenters. The lowest BCUT2D eigenvalue weighted by Crippen LogP contribution is -2.12. The Bertz CT molecular complexity index is 1390. The number of anilines is 1. The molecule has 2 aromatic heterocycles. The number of para-hydroxylation sites is 1. The highest BCUT2D eigenvalue weighted by Gasteiger charge is 2.16. The zero-order valence-corrected chi connectivity index (χ0v) is 18.1. The number of furan rings is 1. The van der Waals surface area contributed by atoms with Gasteiger partial charge in [0.1, 0.15) is 10.8 Å². The lowest BCUT2D eigenvalue weighted by atomic mass is 10.1. The van der Waals surface area contributed by atoms with E-state index in [1.807, 2.05) is 55.5 Å². The molecule has 0 saturated heterocycles. The van der Waals surface area contributed by atoms with Crippen LogP contribution in [0.2, 0.25) is 5.02 Å². The Morgan fingerprint density at radius 2 is 1.84 bits per heavy atom. The van der Waals surface area contributed by atoms with Crippen LogP contribution in [0.25, 0.3) is 32.1 Å². The van der Waals surface area contributed by atoms with Crippen molar-refractivity contribution in [2.45, 2.75) is 6.92 Å². The molecule has 0 spiro atoms. The molecule has 0 aliphatic rings. The second kappa shape index (κ2) is 8.02. The van der Waals surface area contributed by atoms with Crippen molar-refractivity contribution >= 4 is 44.7 Å². The van der Waals surface area contributed by atoms with Crippen molar-refractivity contribution in [3.05, 3.63) is 95.2 Å². The van der Waals surface area contributed by atoms with Crippen LogP contribution in [-0.2, 0) is 0 Å². The Morgan fingerprint density at radius 3 is 2.68 bits per heavy atom. The predicted molar refractivity (Wildman–Crippen MR) is 127 cm³/mol. The molecule has 5 rings (SSSR count). The average Bonchev–Trinajstić information content (AvgIpc) is 3.42. The van der Waals surface area contributed by atoms with Crippen molar-refractivity contribution in [1.82, 2.24) is 4.98 Å². The number of rotatable bonds is 4. The first-order valence-electron chi connectivity index (χ1n) is 9.71. The first-order valence-corrected chi connectivity index (χ1v) is 10.9. The van der Waals surface area contributed by atoms with Crippen LogP contribution in [0, 0.1) is 6.92 Å². The first-order chi connectivity index (χ1) is 15.1. The van der Waals surface area contributed by atoms with Gasteiger partial charge in [-0.2, -0.15) is 0 Å². The predicted octanol–water partition coefficient (Wildman–Crippen LogP) is 7.44. The fraction of sp³-hybridized carbons (Fsp3) is 0.0400. The monoisotopic (exact) mass is 444 g/mol. The second-order valence-electron chi connectivity index (χ2n) is 7.09. The van der Waals surface area contributed by atoms with Gasteiger partial charge in [-0.25, -0.2) is 4.98 Å². The Hall–Kier alpha value is -3.41. The van der Waals surface area contributed by atoms with Crippen LogP contribution in [0.1, 0.15) is 16.1 Å². The van der Waals surface area contributed by atoms with Crippen molar-refractivity contribution in [2.24, 2.45) is 0 Å². The topological polar surface area (TPSA) is 55.1 Å². The summed E-state index contributed by atoms with van der Waals surface area (Å²) >= 11 is 7.69. The van der Waals surface area contributed by atoms with E-state index in [1.165, 1.54) is 0 Å². The fourth-order valence-corrected chi connectivity index (χ4v) is 4.67. The van der Waals surface area contributed by atoms with Crippen LogP contribution in [0.3, 0.4) is 0 Å². The maximum absolute atomic E-state index is 12.8. The third-order valence-corrected chi connectivity index (χ3v) is 6.35. The fourth-order valence-electron chi connectivity index (χ4n) is 3.43. The number of hydrogen-bond acceptors (Lipinski definition) is 4. The first kappa shape index (κ1) is 19.5. The van der Waals surface area contributed by atoms with Crippen molar-refractivity contribution < 1.29 is 9.21 Å². The van der Waals surface area contributed by atoms with Crippen LogP contribution in [-0.4, -0.2) is 10.9 Å². The zero-order valence-electron chi connectivity index (χ0n) is 16.6. The minimum atomic E-state index is -0.308. The number of fused-ring (bicyclic) bond motifs is 1. The third-order valence-electron chi connectivity index (χ3n) is 5.05. The molecular weight excluding hydrogens is 428 g/mol. The molecule has 0 aliphatic carbocycles. The molecule has 0 radical (unpaired) electrons. The molecule has 0 fully saturated rings. The Balaban J connectivity index is 1.41. The van der Waals surface area contributed by atoms with E-state index >= 15 is 0 Å². The van der Waals surface area contributed by atoms with Crippen LogP contribution in [0.5, 0.6) is 0 Å². The molecule has 6 heteroatoms. The minimum Gasteiger partial charge on any atom is -0.451 e. The molecule has 0 bridgehead atoms. The summed E-state index contributed by atoms with van der Waals surface area (Å²) in [5, 5.41) is 4.50. The summed E-state index contributed by atoms with van der Waals surface area (Å²) in [4.78, 5) is 17.6. The lowest BCUT2D eigenvalue weighted by molar-refractivity contribution is 0.0997. The van der Waals surface area contributed by atoms with Crippen LogP contribution in [0.15, 0.2) is 83.3 Å². The highest BCUT2D eigenvalue weighted by atomic mass is 35.5. The van der Waals surface area contributed by atoms with Crippen molar-refractivity contribution in [1.29, 1.82) is 0 Å². The summed E-state index contributed by atoms with van der Waals surface area (Å²) in [5.41, 5.74) is 4.47. The Labute approximate surface area is 188 Å². The molecule has 2 heterocycles. The zero-order chi connectivity index (χ0) is 21.4. The standard InChI is InChI=1S/C25H17ClN2O2S/c1-15-18(25-28-20-9-2-3-11-23(20)31-25)8-5-10-19(15)27-24(29)22-13-12-21(30-22)16-6-4-7-17(26)14-16/h2-14H,1H3,(H,27,29). The van der Waals surface area contributed by atoms with Crippen molar-refractivity contribution in [3.8, 4) is 21.9 Å². The van der Waals surface area contributed by atoms with E-state index in [0.29, 0.717) is 10.8 Å². The van der Waals surface area contributed by atoms with Gasteiger partial charge in [0.2, 0.25) is 0 Å². The summed E-state index contributed by atoms with van der Waals surface area (Å²) < 4.78 is 6.91. The summed E-state index contributed by atoms with van der Waals surface area (Å²) in [6.45, 7) is 1.98. The van der Waals surface area contributed by atoms with Gasteiger partial charge in [0.05, 0.1) is 10.2 Å². The lowest BCUT2D eigenvalue weighted by Gasteiger charge is -2.10. The van der Waals surface area contributed by atoms with Gasteiger partial charge in [-0.05, 0) is 55.0 Å². The van der Waals surface area contributed by atoms with E-state index in [1.54, 1.807) is 35.6 Å². The van der Waals surface area contributed by atoms with Crippen LogP contribution >= 0.6 is 22.9 Å². The minimum absolute atomic E-state index is 0.236. The number of nitrogens with one attached hydrogen (secondary N) is 1. The molecule has 4 nitrogen and oxygen atoms in total. The molecule has 0 saturated carbocycles. The number of hydrogen-bond donors (Lipinski definition) is 1. The average molecular weight is 445 g/mol. The van der Waals surface area contributed by atoms with Gasteiger partial charge in [0, 0.05) is 21.8 Å². The summed E-state index contributed by atoms with van der Waals surface area (Å²) in [6, 6.07) is 24.6. The molecule has 0 atom stereocenters. The Kier molecular flexibility index (Phi) is 5.06. The van der Waals surface area contributed by atoms with Crippen molar-refractivity contribution in [2.75, 3.05) is 5.32 Å². The van der Waals surface area contributed by atoms with Gasteiger partial charge in [-0.1, -0.05) is 48.0 Å². The molecule has 1 amide bonds. The third kappa shape index (κ3) is 3.85. The van der Waals surface area contributed by atoms with Gasteiger partial charge in [0.15, 0.2) is 5.76 Å². The van der Waals surface area contributed by atoms with E-state index in [9.17, 15) is 4.79 Å². The number of nitrogens with zero attached hydrogens (tertiary/aromatic N) is 1. The number of benzene rings is 3. The van der Waals surface area contributed by atoms with Crippen molar-refractivity contribution in [3.63, 3.8) is 0 Å². The van der Waals surface area contributed by atoms with Gasteiger partial charge in [-0.3, -0.25) is 4.79 Å². The van der Waals surface area contributed by atoms with E-state index < -0.39 is 0 Å².